The van der Waals surface area contributed by atoms with Crippen molar-refractivity contribution in [3.05, 3.63) is 11.8 Å². The summed E-state index contributed by atoms with van der Waals surface area (Å²) in [5.74, 6) is 0.990. The Kier molecular flexibility index (Phi) is 4.12. The van der Waals surface area contributed by atoms with Crippen LogP contribution in [0.3, 0.4) is 0 Å². The van der Waals surface area contributed by atoms with Crippen molar-refractivity contribution in [3.8, 4) is 11.6 Å². The molecule has 14 heavy (non-hydrogen) atoms. The quantitative estimate of drug-likeness (QED) is 0.655. The van der Waals surface area contributed by atoms with Crippen molar-refractivity contribution in [2.45, 2.75) is 6.92 Å². The molecule has 0 aliphatic heterocycles. The molecule has 0 spiro atoms. The lowest BCUT2D eigenvalue weighted by atomic mass is 10.4. The summed E-state index contributed by atoms with van der Waals surface area (Å²) in [7, 11) is 3.18. The van der Waals surface area contributed by atoms with E-state index in [1.54, 1.807) is 20.3 Å². The van der Waals surface area contributed by atoms with Crippen LogP contribution in [0.4, 0.5) is 0 Å². The summed E-state index contributed by atoms with van der Waals surface area (Å²) in [4.78, 5) is 0. The second kappa shape index (κ2) is 5.39. The predicted octanol–water partition coefficient (Wildman–Crippen LogP) is 0.819. The van der Waals surface area contributed by atoms with Crippen LogP contribution in [-0.2, 0) is 4.74 Å². The standard InChI is InChI=1S/C9H14N2O3/c1-7-6-8(13-3)9(11-10-7)14-5-4-12-2/h6H,4-5H2,1-3H3. The lowest BCUT2D eigenvalue weighted by Crippen LogP contribution is -2.07. The zero-order valence-corrected chi connectivity index (χ0v) is 8.61. The van der Waals surface area contributed by atoms with Crippen LogP contribution in [0.2, 0.25) is 0 Å². The molecule has 1 rings (SSSR count). The number of aryl methyl sites for hydroxylation is 1. The van der Waals surface area contributed by atoms with Crippen molar-refractivity contribution >= 4 is 0 Å². The number of ether oxygens (including phenoxy) is 3. The molecule has 78 valence electrons. The molecule has 5 nitrogen and oxygen atoms in total. The molecule has 0 bridgehead atoms. The first-order valence-electron chi connectivity index (χ1n) is 4.28. The van der Waals surface area contributed by atoms with Crippen molar-refractivity contribution in [1.82, 2.24) is 10.2 Å². The van der Waals surface area contributed by atoms with Gasteiger partial charge in [0, 0.05) is 13.2 Å². The Hall–Kier alpha value is -1.36. The minimum absolute atomic E-state index is 0.398. The fraction of sp³-hybridized carbons (Fsp3) is 0.556. The lowest BCUT2D eigenvalue weighted by molar-refractivity contribution is 0.140. The first-order chi connectivity index (χ1) is 6.77. The number of hydrogen-bond donors (Lipinski definition) is 0. The topological polar surface area (TPSA) is 53.5 Å². The minimum Gasteiger partial charge on any atom is -0.491 e. The average molecular weight is 198 g/mol. The van der Waals surface area contributed by atoms with Crippen LogP contribution in [0.25, 0.3) is 0 Å². The highest BCUT2D eigenvalue weighted by atomic mass is 16.5. The maximum Gasteiger partial charge on any atom is 0.276 e. The van der Waals surface area contributed by atoms with Crippen molar-refractivity contribution in [3.63, 3.8) is 0 Å². The monoisotopic (exact) mass is 198 g/mol. The SMILES string of the molecule is COCCOc1nnc(C)cc1OC. The van der Waals surface area contributed by atoms with Gasteiger partial charge in [0.15, 0.2) is 5.75 Å². The van der Waals surface area contributed by atoms with Crippen LogP contribution in [0.1, 0.15) is 5.69 Å². The largest absolute Gasteiger partial charge is 0.491 e. The van der Waals surface area contributed by atoms with Gasteiger partial charge >= 0.3 is 0 Å². The van der Waals surface area contributed by atoms with Crippen LogP contribution in [0.15, 0.2) is 6.07 Å². The Bertz CT molecular complexity index is 291. The van der Waals surface area contributed by atoms with E-state index in [2.05, 4.69) is 10.2 Å². The third-order valence-corrected chi connectivity index (χ3v) is 1.60. The van der Waals surface area contributed by atoms with E-state index < -0.39 is 0 Å². The van der Waals surface area contributed by atoms with Crippen LogP contribution in [0.5, 0.6) is 11.6 Å². The number of nitrogens with zero attached hydrogens (tertiary/aromatic N) is 2. The molecule has 5 heteroatoms. The molecule has 0 N–H and O–H groups in total. The summed E-state index contributed by atoms with van der Waals surface area (Å²) in [6, 6.07) is 1.77. The summed E-state index contributed by atoms with van der Waals surface area (Å²) >= 11 is 0. The van der Waals surface area contributed by atoms with Crippen molar-refractivity contribution in [2.24, 2.45) is 0 Å². The Morgan fingerprint density at radius 1 is 1.21 bits per heavy atom. The molecule has 0 unspecified atom stereocenters. The fourth-order valence-corrected chi connectivity index (χ4v) is 0.922. The number of hydrogen-bond acceptors (Lipinski definition) is 5. The lowest BCUT2D eigenvalue weighted by Gasteiger charge is -2.08. The van der Waals surface area contributed by atoms with E-state index in [-0.39, 0.29) is 0 Å². The van der Waals surface area contributed by atoms with Crippen LogP contribution >= 0.6 is 0 Å². The molecular weight excluding hydrogens is 184 g/mol. The number of methoxy groups -OCH3 is 2. The van der Waals surface area contributed by atoms with E-state index in [9.17, 15) is 0 Å². The molecule has 0 saturated carbocycles. The van der Waals surface area contributed by atoms with Gasteiger partial charge in [-0.1, -0.05) is 0 Å². The molecule has 0 atom stereocenters. The Labute approximate surface area is 83.0 Å². The maximum absolute atomic E-state index is 5.30. The highest BCUT2D eigenvalue weighted by Gasteiger charge is 2.06. The summed E-state index contributed by atoms with van der Waals surface area (Å²) in [5.41, 5.74) is 0.793. The van der Waals surface area contributed by atoms with E-state index in [1.807, 2.05) is 6.92 Å². The van der Waals surface area contributed by atoms with E-state index in [1.165, 1.54) is 0 Å². The van der Waals surface area contributed by atoms with Crippen molar-refractivity contribution in [1.29, 1.82) is 0 Å². The highest BCUT2D eigenvalue weighted by molar-refractivity contribution is 5.32. The number of rotatable bonds is 5. The Morgan fingerprint density at radius 2 is 2.00 bits per heavy atom. The third-order valence-electron chi connectivity index (χ3n) is 1.60. The van der Waals surface area contributed by atoms with E-state index >= 15 is 0 Å². The van der Waals surface area contributed by atoms with Gasteiger partial charge < -0.3 is 14.2 Å². The van der Waals surface area contributed by atoms with Crippen molar-refractivity contribution < 1.29 is 14.2 Å². The van der Waals surface area contributed by atoms with Gasteiger partial charge in [-0.3, -0.25) is 0 Å². The Balaban J connectivity index is 2.65. The van der Waals surface area contributed by atoms with Crippen LogP contribution in [-0.4, -0.2) is 37.6 Å². The zero-order chi connectivity index (χ0) is 10.4. The predicted molar refractivity (Wildman–Crippen MR) is 50.7 cm³/mol. The Morgan fingerprint density at radius 3 is 2.64 bits per heavy atom. The fourth-order valence-electron chi connectivity index (χ4n) is 0.922. The van der Waals surface area contributed by atoms with Gasteiger partial charge in [-0.2, -0.15) is 5.10 Å². The minimum atomic E-state index is 0.398. The summed E-state index contributed by atoms with van der Waals surface area (Å²) in [5, 5.41) is 7.74. The van der Waals surface area contributed by atoms with Crippen LogP contribution < -0.4 is 9.47 Å². The second-order valence-electron chi connectivity index (χ2n) is 2.70. The molecule has 0 radical (unpaired) electrons. The van der Waals surface area contributed by atoms with Gasteiger partial charge in [-0.25, -0.2) is 0 Å². The zero-order valence-electron chi connectivity index (χ0n) is 8.61. The molecule has 0 aliphatic rings. The molecule has 0 aliphatic carbocycles. The van der Waals surface area contributed by atoms with Gasteiger partial charge in [-0.15, -0.1) is 5.10 Å². The van der Waals surface area contributed by atoms with Gasteiger partial charge in [0.2, 0.25) is 0 Å². The average Bonchev–Trinajstić information content (AvgIpc) is 2.20. The van der Waals surface area contributed by atoms with Gasteiger partial charge in [0.05, 0.1) is 19.4 Å². The molecule has 1 heterocycles. The second-order valence-corrected chi connectivity index (χ2v) is 2.70. The number of aromatic nitrogens is 2. The summed E-state index contributed by atoms with van der Waals surface area (Å²) < 4.78 is 15.2. The molecule has 0 amide bonds. The first kappa shape index (κ1) is 10.7. The first-order valence-corrected chi connectivity index (χ1v) is 4.28. The van der Waals surface area contributed by atoms with E-state index in [4.69, 9.17) is 14.2 Å². The van der Waals surface area contributed by atoms with Gasteiger partial charge in [0.25, 0.3) is 5.88 Å². The summed E-state index contributed by atoms with van der Waals surface area (Å²) in [6.45, 7) is 2.79. The highest BCUT2D eigenvalue weighted by Crippen LogP contribution is 2.22. The molecule has 0 aromatic carbocycles. The molecule has 1 aromatic heterocycles. The van der Waals surface area contributed by atoms with E-state index in [0.717, 1.165) is 5.69 Å². The normalized spacial score (nSPS) is 9.93. The van der Waals surface area contributed by atoms with Crippen molar-refractivity contribution in [2.75, 3.05) is 27.4 Å². The molecular formula is C9H14N2O3. The smallest absolute Gasteiger partial charge is 0.276 e. The maximum atomic E-state index is 5.30. The van der Waals surface area contributed by atoms with Gasteiger partial charge in [0.1, 0.15) is 6.61 Å². The van der Waals surface area contributed by atoms with Gasteiger partial charge in [-0.05, 0) is 6.92 Å². The summed E-state index contributed by atoms with van der Waals surface area (Å²) in [6.07, 6.45) is 0. The van der Waals surface area contributed by atoms with Crippen LogP contribution in [0, 0.1) is 6.92 Å². The van der Waals surface area contributed by atoms with E-state index in [0.29, 0.717) is 24.8 Å². The molecule has 0 fully saturated rings. The third kappa shape index (κ3) is 2.85. The molecule has 0 saturated heterocycles. The molecule has 1 aromatic rings.